The topological polar surface area (TPSA) is 90.4 Å². The van der Waals surface area contributed by atoms with E-state index in [-0.39, 0.29) is 23.4 Å². The maximum absolute atomic E-state index is 14.5. The second kappa shape index (κ2) is 8.67. The van der Waals surface area contributed by atoms with Gasteiger partial charge in [0.25, 0.3) is 11.8 Å². The number of thiophene rings is 1. The molecule has 1 saturated heterocycles. The first-order valence-electron chi connectivity index (χ1n) is 11.1. The molecule has 0 radical (unpaired) electrons. The number of nitrogens with two attached hydrogens (primary N) is 1. The Morgan fingerprint density at radius 1 is 1.18 bits per heavy atom. The van der Waals surface area contributed by atoms with Crippen molar-refractivity contribution in [2.45, 2.75) is 25.4 Å². The summed E-state index contributed by atoms with van der Waals surface area (Å²) >= 11 is 1.33. The van der Waals surface area contributed by atoms with Gasteiger partial charge in [0.15, 0.2) is 0 Å². The zero-order chi connectivity index (χ0) is 24.0. The first-order valence-corrected chi connectivity index (χ1v) is 11.9. The van der Waals surface area contributed by atoms with Crippen molar-refractivity contribution in [2.24, 2.45) is 5.73 Å². The number of likely N-dealkylation sites (tertiary alicyclic amines) is 1. The Morgan fingerprint density at radius 3 is 2.71 bits per heavy atom. The van der Waals surface area contributed by atoms with Crippen molar-refractivity contribution in [3.05, 3.63) is 69.8 Å². The number of rotatable bonds is 3. The van der Waals surface area contributed by atoms with Gasteiger partial charge in [0, 0.05) is 48.7 Å². The molecule has 1 aromatic heterocycles. The molecular weight excluding hydrogens is 451 g/mol. The Hall–Kier alpha value is -3.54. The first kappa shape index (κ1) is 22.3. The van der Waals surface area contributed by atoms with Crippen molar-refractivity contribution < 1.29 is 14.0 Å². The smallest absolute Gasteiger partial charge is 0.264 e. The number of amides is 2. The molecule has 2 N–H and O–H groups in total. The molecule has 8 heteroatoms. The van der Waals surface area contributed by atoms with Crippen LogP contribution in [0.1, 0.15) is 44.0 Å². The van der Waals surface area contributed by atoms with Crippen molar-refractivity contribution in [2.75, 3.05) is 20.1 Å². The lowest BCUT2D eigenvalue weighted by atomic mass is 9.98. The fourth-order valence-corrected chi connectivity index (χ4v) is 5.78. The summed E-state index contributed by atoms with van der Waals surface area (Å²) in [7, 11) is 1.76. The van der Waals surface area contributed by atoms with Gasteiger partial charge in [-0.1, -0.05) is 18.2 Å². The van der Waals surface area contributed by atoms with Crippen LogP contribution >= 0.6 is 11.3 Å². The van der Waals surface area contributed by atoms with Crippen LogP contribution in [0.15, 0.2) is 42.5 Å². The van der Waals surface area contributed by atoms with E-state index in [0.717, 1.165) is 28.8 Å². The van der Waals surface area contributed by atoms with Crippen LogP contribution in [0.25, 0.3) is 21.6 Å². The summed E-state index contributed by atoms with van der Waals surface area (Å²) in [5, 5.41) is 9.11. The fourth-order valence-electron chi connectivity index (χ4n) is 4.64. The highest BCUT2D eigenvalue weighted by Crippen LogP contribution is 2.41. The third kappa shape index (κ3) is 3.87. The van der Waals surface area contributed by atoms with E-state index in [1.54, 1.807) is 29.0 Å². The lowest BCUT2D eigenvalue weighted by Crippen LogP contribution is -2.45. The second-order valence-electron chi connectivity index (χ2n) is 8.85. The van der Waals surface area contributed by atoms with E-state index < -0.39 is 5.82 Å². The molecule has 0 aliphatic carbocycles. The molecule has 5 rings (SSSR count). The molecule has 2 aromatic carbocycles. The summed E-state index contributed by atoms with van der Waals surface area (Å²) in [6, 6.07) is 13.7. The SMILES string of the molecule is CN1Cc2ccc(-c3sc(C(=O)N4CCC[C@@H](N)C4)cc3-c3ccc(C#N)c(F)c3)cc2C1=O. The molecular formula is C26H23FN4O2S. The number of hydrogen-bond acceptors (Lipinski definition) is 5. The van der Waals surface area contributed by atoms with E-state index in [0.29, 0.717) is 41.2 Å². The van der Waals surface area contributed by atoms with E-state index in [4.69, 9.17) is 11.0 Å². The number of nitriles is 1. The van der Waals surface area contributed by atoms with Gasteiger partial charge in [-0.15, -0.1) is 11.3 Å². The molecule has 2 amide bonds. The van der Waals surface area contributed by atoms with Crippen LogP contribution in [0.5, 0.6) is 0 Å². The molecule has 1 atom stereocenters. The number of benzene rings is 2. The highest BCUT2D eigenvalue weighted by atomic mass is 32.1. The number of hydrogen-bond donors (Lipinski definition) is 1. The van der Waals surface area contributed by atoms with Gasteiger partial charge in [-0.25, -0.2) is 4.39 Å². The molecule has 34 heavy (non-hydrogen) atoms. The monoisotopic (exact) mass is 474 g/mol. The van der Waals surface area contributed by atoms with E-state index in [1.807, 2.05) is 24.3 Å². The Morgan fingerprint density at radius 2 is 1.97 bits per heavy atom. The minimum atomic E-state index is -0.613. The van der Waals surface area contributed by atoms with Gasteiger partial charge in [0.05, 0.1) is 10.4 Å². The highest BCUT2D eigenvalue weighted by Gasteiger charge is 2.28. The minimum Gasteiger partial charge on any atom is -0.337 e. The molecule has 0 spiro atoms. The summed E-state index contributed by atoms with van der Waals surface area (Å²) in [6.07, 6.45) is 1.76. The van der Waals surface area contributed by atoms with Crippen LogP contribution in [0.4, 0.5) is 4.39 Å². The van der Waals surface area contributed by atoms with Gasteiger partial charge in [-0.05, 0) is 53.8 Å². The molecule has 3 heterocycles. The van der Waals surface area contributed by atoms with Crippen molar-refractivity contribution in [3.8, 4) is 27.6 Å². The minimum absolute atomic E-state index is 0.0368. The van der Waals surface area contributed by atoms with Crippen LogP contribution in [-0.2, 0) is 6.54 Å². The number of halogens is 1. The lowest BCUT2D eigenvalue weighted by Gasteiger charge is -2.30. The maximum Gasteiger partial charge on any atom is 0.264 e. The molecule has 172 valence electrons. The summed E-state index contributed by atoms with van der Waals surface area (Å²) in [5.41, 5.74) is 9.70. The number of carbonyl (C=O) groups excluding carboxylic acids is 2. The highest BCUT2D eigenvalue weighted by molar-refractivity contribution is 7.18. The third-order valence-corrected chi connectivity index (χ3v) is 7.62. The Kier molecular flexibility index (Phi) is 5.68. The van der Waals surface area contributed by atoms with E-state index in [2.05, 4.69) is 0 Å². The first-order chi connectivity index (χ1) is 16.4. The van der Waals surface area contributed by atoms with Crippen LogP contribution < -0.4 is 5.73 Å². The third-order valence-electron chi connectivity index (χ3n) is 6.45. The van der Waals surface area contributed by atoms with Gasteiger partial charge < -0.3 is 15.5 Å². The lowest BCUT2D eigenvalue weighted by molar-refractivity contribution is 0.0713. The quantitative estimate of drug-likeness (QED) is 0.615. The predicted octanol–water partition coefficient (Wildman–Crippen LogP) is 4.24. The van der Waals surface area contributed by atoms with Gasteiger partial charge in [0.2, 0.25) is 0 Å². The van der Waals surface area contributed by atoms with Crippen molar-refractivity contribution in [1.29, 1.82) is 5.26 Å². The van der Waals surface area contributed by atoms with E-state index >= 15 is 0 Å². The van der Waals surface area contributed by atoms with Crippen LogP contribution in [0.3, 0.4) is 0 Å². The maximum atomic E-state index is 14.5. The number of carbonyl (C=O) groups is 2. The predicted molar refractivity (Wildman–Crippen MR) is 129 cm³/mol. The average molecular weight is 475 g/mol. The Labute approximate surface area is 201 Å². The van der Waals surface area contributed by atoms with Gasteiger partial charge in [-0.3, -0.25) is 9.59 Å². The van der Waals surface area contributed by atoms with Gasteiger partial charge in [0.1, 0.15) is 11.9 Å². The number of nitrogens with zero attached hydrogens (tertiary/aromatic N) is 3. The molecule has 0 bridgehead atoms. The van der Waals surface area contributed by atoms with E-state index in [1.165, 1.54) is 23.5 Å². The van der Waals surface area contributed by atoms with Crippen molar-refractivity contribution >= 4 is 23.2 Å². The molecule has 0 unspecified atom stereocenters. The van der Waals surface area contributed by atoms with Crippen LogP contribution in [0, 0.1) is 17.1 Å². The summed E-state index contributed by atoms with van der Waals surface area (Å²) in [5.74, 6) is -0.755. The summed E-state index contributed by atoms with van der Waals surface area (Å²) in [4.78, 5) is 30.6. The number of piperidine rings is 1. The van der Waals surface area contributed by atoms with E-state index in [9.17, 15) is 14.0 Å². The molecule has 2 aliphatic rings. The Bertz CT molecular complexity index is 1360. The van der Waals surface area contributed by atoms with Crippen molar-refractivity contribution in [3.63, 3.8) is 0 Å². The average Bonchev–Trinajstić information content (AvgIpc) is 3.40. The fraction of sp³-hybridized carbons (Fsp3) is 0.269. The molecule has 0 saturated carbocycles. The van der Waals surface area contributed by atoms with Gasteiger partial charge >= 0.3 is 0 Å². The summed E-state index contributed by atoms with van der Waals surface area (Å²) < 4.78 is 14.5. The molecule has 2 aliphatic heterocycles. The normalized spacial score (nSPS) is 17.6. The van der Waals surface area contributed by atoms with Crippen molar-refractivity contribution in [1.82, 2.24) is 9.80 Å². The molecule has 3 aromatic rings. The standard InChI is InChI=1S/C26H23FN4O2S/c1-30-13-18-7-5-16(9-21(18)25(30)32)24-20(15-4-6-17(12-28)22(27)10-15)11-23(34-24)26(33)31-8-2-3-19(29)14-31/h4-7,9-11,19H,2-3,8,13-14,29H2,1H3/t19-/m1/s1. The molecule has 1 fully saturated rings. The molecule has 6 nitrogen and oxygen atoms in total. The summed E-state index contributed by atoms with van der Waals surface area (Å²) in [6.45, 7) is 1.72. The van der Waals surface area contributed by atoms with Gasteiger partial charge in [-0.2, -0.15) is 5.26 Å². The zero-order valence-electron chi connectivity index (χ0n) is 18.7. The zero-order valence-corrected chi connectivity index (χ0v) is 19.5. The van der Waals surface area contributed by atoms with Crippen LogP contribution in [0.2, 0.25) is 0 Å². The Balaban J connectivity index is 1.62. The largest absolute Gasteiger partial charge is 0.337 e. The number of fused-ring (bicyclic) bond motifs is 1. The van der Waals surface area contributed by atoms with Crippen LogP contribution in [-0.4, -0.2) is 47.8 Å². The second-order valence-corrected chi connectivity index (χ2v) is 9.90.